The van der Waals surface area contributed by atoms with Gasteiger partial charge in [0.05, 0.1) is 12.5 Å². The quantitative estimate of drug-likeness (QED) is 0.788. The molecular weight excluding hydrogens is 234 g/mol. The molecule has 4 atom stereocenters. The highest BCUT2D eigenvalue weighted by molar-refractivity contribution is 5.86. The fourth-order valence-electron chi connectivity index (χ4n) is 3.81. The van der Waals surface area contributed by atoms with Crippen LogP contribution in [0.4, 0.5) is 0 Å². The number of carboxylic acids is 1. The van der Waals surface area contributed by atoms with Crippen molar-refractivity contribution in [2.24, 2.45) is 17.8 Å². The highest BCUT2D eigenvalue weighted by Gasteiger charge is 2.50. The molecule has 0 aromatic rings. The second-order valence-corrected chi connectivity index (χ2v) is 5.69. The van der Waals surface area contributed by atoms with E-state index in [1.807, 2.05) is 0 Å². The zero-order chi connectivity index (χ0) is 12.7. The number of hydrogen-bond acceptors (Lipinski definition) is 3. The summed E-state index contributed by atoms with van der Waals surface area (Å²) in [6.07, 6.45) is 3.86. The van der Waals surface area contributed by atoms with Gasteiger partial charge in [0.15, 0.2) is 0 Å². The van der Waals surface area contributed by atoms with Crippen LogP contribution < -0.4 is 0 Å². The van der Waals surface area contributed by atoms with Crippen molar-refractivity contribution in [1.29, 1.82) is 0 Å². The first-order chi connectivity index (χ1) is 8.68. The summed E-state index contributed by atoms with van der Waals surface area (Å²) in [6, 6.07) is -0.592. The summed E-state index contributed by atoms with van der Waals surface area (Å²) in [5, 5.41) is 9.40. The number of aliphatic carboxylic acids is 1. The second kappa shape index (κ2) is 4.53. The molecule has 2 saturated heterocycles. The lowest BCUT2D eigenvalue weighted by Crippen LogP contribution is -2.46. The Morgan fingerprint density at radius 2 is 2.06 bits per heavy atom. The Balaban J connectivity index is 1.78. The van der Waals surface area contributed by atoms with Gasteiger partial charge in [-0.25, -0.2) is 4.79 Å². The van der Waals surface area contributed by atoms with Gasteiger partial charge >= 0.3 is 5.97 Å². The lowest BCUT2D eigenvalue weighted by Gasteiger charge is -2.26. The molecule has 1 N–H and O–H groups in total. The van der Waals surface area contributed by atoms with Crippen LogP contribution in [0.15, 0.2) is 0 Å². The van der Waals surface area contributed by atoms with E-state index in [2.05, 4.69) is 0 Å². The number of ether oxygens (including phenoxy) is 1. The summed E-state index contributed by atoms with van der Waals surface area (Å²) in [7, 11) is 0. The number of carbonyl (C=O) groups excluding carboxylic acids is 1. The molecule has 2 heterocycles. The zero-order valence-corrected chi connectivity index (χ0v) is 10.4. The van der Waals surface area contributed by atoms with Gasteiger partial charge in [0.25, 0.3) is 0 Å². The summed E-state index contributed by atoms with van der Waals surface area (Å²) >= 11 is 0. The molecule has 4 unspecified atom stereocenters. The second-order valence-electron chi connectivity index (χ2n) is 5.69. The van der Waals surface area contributed by atoms with E-state index < -0.39 is 12.0 Å². The molecule has 0 radical (unpaired) electrons. The standard InChI is InChI=1S/C13H19NO4/c15-12(9-4-5-18-7-9)14-6-8-2-1-3-10(8)11(14)13(16)17/h8-11H,1-7H2,(H,16,17). The van der Waals surface area contributed by atoms with Crippen LogP contribution in [0.5, 0.6) is 0 Å². The molecule has 0 aromatic heterocycles. The first-order valence-electron chi connectivity index (χ1n) is 6.79. The Morgan fingerprint density at radius 1 is 1.22 bits per heavy atom. The maximum atomic E-state index is 12.4. The highest BCUT2D eigenvalue weighted by atomic mass is 16.5. The monoisotopic (exact) mass is 253 g/mol. The van der Waals surface area contributed by atoms with Crippen molar-refractivity contribution >= 4 is 11.9 Å². The molecular formula is C13H19NO4. The van der Waals surface area contributed by atoms with Gasteiger partial charge in [-0.05, 0) is 31.1 Å². The maximum Gasteiger partial charge on any atom is 0.326 e. The minimum Gasteiger partial charge on any atom is -0.480 e. The molecule has 100 valence electrons. The predicted octanol–water partition coefficient (Wildman–Crippen LogP) is 0.735. The molecule has 3 rings (SSSR count). The van der Waals surface area contributed by atoms with E-state index in [0.29, 0.717) is 25.7 Å². The zero-order valence-electron chi connectivity index (χ0n) is 10.4. The van der Waals surface area contributed by atoms with E-state index in [4.69, 9.17) is 4.74 Å². The van der Waals surface area contributed by atoms with E-state index in [1.165, 1.54) is 0 Å². The Kier molecular flexibility index (Phi) is 3.01. The molecule has 1 amide bonds. The first kappa shape index (κ1) is 12.0. The van der Waals surface area contributed by atoms with Crippen molar-refractivity contribution in [2.45, 2.75) is 31.7 Å². The Morgan fingerprint density at radius 3 is 2.72 bits per heavy atom. The summed E-state index contributed by atoms with van der Waals surface area (Å²) in [5.74, 6) is -0.386. The maximum absolute atomic E-state index is 12.4. The third kappa shape index (κ3) is 1.81. The molecule has 2 aliphatic heterocycles. The predicted molar refractivity (Wildman–Crippen MR) is 62.9 cm³/mol. The van der Waals surface area contributed by atoms with Crippen LogP contribution in [0, 0.1) is 17.8 Å². The van der Waals surface area contributed by atoms with Crippen molar-refractivity contribution in [1.82, 2.24) is 4.90 Å². The van der Waals surface area contributed by atoms with Gasteiger partial charge < -0.3 is 14.7 Å². The fourth-order valence-corrected chi connectivity index (χ4v) is 3.81. The van der Waals surface area contributed by atoms with Gasteiger partial charge in [-0.15, -0.1) is 0 Å². The fraction of sp³-hybridized carbons (Fsp3) is 0.846. The van der Waals surface area contributed by atoms with Crippen LogP contribution >= 0.6 is 0 Å². The molecule has 0 bridgehead atoms. The van der Waals surface area contributed by atoms with Crippen LogP contribution in [0.25, 0.3) is 0 Å². The van der Waals surface area contributed by atoms with Gasteiger partial charge in [0.1, 0.15) is 6.04 Å². The van der Waals surface area contributed by atoms with Gasteiger partial charge in [-0.1, -0.05) is 6.42 Å². The molecule has 1 saturated carbocycles. The molecule has 5 nitrogen and oxygen atoms in total. The average Bonchev–Trinajstić information content (AvgIpc) is 3.03. The number of likely N-dealkylation sites (tertiary alicyclic amines) is 1. The largest absolute Gasteiger partial charge is 0.480 e. The topological polar surface area (TPSA) is 66.8 Å². The normalized spacial score (nSPS) is 39.0. The minimum atomic E-state index is -0.836. The van der Waals surface area contributed by atoms with Crippen LogP contribution in [0.2, 0.25) is 0 Å². The highest BCUT2D eigenvalue weighted by Crippen LogP contribution is 2.43. The smallest absolute Gasteiger partial charge is 0.326 e. The van der Waals surface area contributed by atoms with Gasteiger partial charge in [0, 0.05) is 13.2 Å². The van der Waals surface area contributed by atoms with Crippen molar-refractivity contribution in [3.63, 3.8) is 0 Å². The summed E-state index contributed by atoms with van der Waals surface area (Å²) in [6.45, 7) is 1.71. The Labute approximate surface area is 106 Å². The molecule has 5 heteroatoms. The van der Waals surface area contributed by atoms with Crippen molar-refractivity contribution in [2.75, 3.05) is 19.8 Å². The minimum absolute atomic E-state index is 0.00528. The summed E-state index contributed by atoms with van der Waals surface area (Å²) < 4.78 is 5.23. The van der Waals surface area contributed by atoms with Crippen LogP contribution in [0.1, 0.15) is 25.7 Å². The van der Waals surface area contributed by atoms with Crippen LogP contribution in [-0.4, -0.2) is 47.7 Å². The van der Waals surface area contributed by atoms with Crippen molar-refractivity contribution in [3.8, 4) is 0 Å². The van der Waals surface area contributed by atoms with E-state index in [1.54, 1.807) is 4.90 Å². The Bertz CT molecular complexity index is 364. The molecule has 18 heavy (non-hydrogen) atoms. The van der Waals surface area contributed by atoms with Gasteiger partial charge in [-0.2, -0.15) is 0 Å². The van der Waals surface area contributed by atoms with E-state index >= 15 is 0 Å². The number of amides is 1. The summed E-state index contributed by atoms with van der Waals surface area (Å²) in [5.41, 5.74) is 0. The number of fused-ring (bicyclic) bond motifs is 1. The number of hydrogen-bond donors (Lipinski definition) is 1. The number of carbonyl (C=O) groups is 2. The average molecular weight is 253 g/mol. The third-order valence-electron chi connectivity index (χ3n) is 4.71. The number of nitrogens with zero attached hydrogens (tertiary/aromatic N) is 1. The number of carboxylic acid groups (broad SMARTS) is 1. The molecule has 1 aliphatic carbocycles. The lowest BCUT2D eigenvalue weighted by atomic mass is 9.94. The lowest BCUT2D eigenvalue weighted by molar-refractivity contribution is -0.151. The van der Waals surface area contributed by atoms with Crippen molar-refractivity contribution in [3.05, 3.63) is 0 Å². The van der Waals surface area contributed by atoms with Crippen molar-refractivity contribution < 1.29 is 19.4 Å². The number of rotatable bonds is 2. The summed E-state index contributed by atoms with van der Waals surface area (Å²) in [4.78, 5) is 25.4. The molecule has 3 aliphatic rings. The molecule has 0 spiro atoms. The van der Waals surface area contributed by atoms with E-state index in [0.717, 1.165) is 25.7 Å². The molecule has 0 aromatic carbocycles. The SMILES string of the molecule is O=C(O)C1C2CCCC2CN1C(=O)C1CCOC1. The van der Waals surface area contributed by atoms with Crippen LogP contribution in [0.3, 0.4) is 0 Å². The van der Waals surface area contributed by atoms with Crippen LogP contribution in [-0.2, 0) is 14.3 Å². The Hall–Kier alpha value is -1.10. The van der Waals surface area contributed by atoms with Gasteiger partial charge in [0.2, 0.25) is 5.91 Å². The van der Waals surface area contributed by atoms with Gasteiger partial charge in [-0.3, -0.25) is 4.79 Å². The van der Waals surface area contributed by atoms with E-state index in [9.17, 15) is 14.7 Å². The van der Waals surface area contributed by atoms with E-state index in [-0.39, 0.29) is 17.7 Å². The third-order valence-corrected chi connectivity index (χ3v) is 4.71. The molecule has 3 fully saturated rings. The first-order valence-corrected chi connectivity index (χ1v) is 6.79.